The molecule has 2 aliphatic rings. The van der Waals surface area contributed by atoms with Crippen molar-refractivity contribution in [1.29, 1.82) is 0 Å². The maximum Gasteiger partial charge on any atom is 0.422 e. The highest BCUT2D eigenvalue weighted by molar-refractivity contribution is 7.87. The summed E-state index contributed by atoms with van der Waals surface area (Å²) in [6.07, 6.45) is 3.55. The number of fused-ring (bicyclic) bond motifs is 2. The maximum atomic E-state index is 11.6. The number of anilines is 1. The van der Waals surface area contributed by atoms with E-state index in [1.807, 2.05) is 29.0 Å². The number of aliphatic hydroxyl groups is 1. The van der Waals surface area contributed by atoms with E-state index < -0.39 is 34.9 Å². The third kappa shape index (κ3) is 4.08. The first-order valence-electron chi connectivity index (χ1n) is 11.1. The second kappa shape index (κ2) is 8.53. The van der Waals surface area contributed by atoms with Crippen molar-refractivity contribution >= 4 is 33.2 Å². The number of nitrogens with two attached hydrogens (primary N) is 1. The van der Waals surface area contributed by atoms with E-state index in [0.29, 0.717) is 18.5 Å². The van der Waals surface area contributed by atoms with Gasteiger partial charge >= 0.3 is 16.3 Å². The number of rotatable bonds is 6. The van der Waals surface area contributed by atoms with Gasteiger partial charge in [0.25, 0.3) is 0 Å². The van der Waals surface area contributed by atoms with Gasteiger partial charge in [-0.1, -0.05) is 24.3 Å². The lowest BCUT2D eigenvalue weighted by Crippen LogP contribution is -2.44. The van der Waals surface area contributed by atoms with Crippen LogP contribution in [-0.4, -0.2) is 56.2 Å². The van der Waals surface area contributed by atoms with Gasteiger partial charge in [0.15, 0.2) is 0 Å². The van der Waals surface area contributed by atoms with Gasteiger partial charge in [0.2, 0.25) is 0 Å². The molecule has 180 valence electrons. The van der Waals surface area contributed by atoms with E-state index in [4.69, 9.17) is 5.14 Å². The van der Waals surface area contributed by atoms with E-state index in [9.17, 15) is 23.4 Å². The summed E-state index contributed by atoms with van der Waals surface area (Å²) in [5, 5.41) is 29.2. The van der Waals surface area contributed by atoms with Gasteiger partial charge in [-0.2, -0.15) is 12.7 Å². The van der Waals surface area contributed by atoms with Crippen LogP contribution in [0.25, 0.3) is 11.0 Å². The van der Waals surface area contributed by atoms with Crippen molar-refractivity contribution in [1.82, 2.24) is 18.8 Å². The Hall–Kier alpha value is -3.22. The summed E-state index contributed by atoms with van der Waals surface area (Å²) < 4.78 is 25.4. The van der Waals surface area contributed by atoms with E-state index in [-0.39, 0.29) is 16.4 Å². The number of nitrogens with one attached hydrogen (secondary N) is 1. The number of nitrogens with zero attached hydrogens (tertiary/aromatic N) is 4. The van der Waals surface area contributed by atoms with Crippen LogP contribution < -0.4 is 10.5 Å². The van der Waals surface area contributed by atoms with Crippen LogP contribution in [0, 0.1) is 5.92 Å². The Labute approximate surface area is 196 Å². The monoisotopic (exact) mass is 486 g/mol. The van der Waals surface area contributed by atoms with E-state index >= 15 is 0 Å². The SMILES string of the molecule is NS(=O)(=O)N(C[C@@H]1C[C@@H](n2ccc3c(N[C@H]4CCc5ccccc54)ncnc32)C[C@H]1O)C(=O)O. The first kappa shape index (κ1) is 22.6. The molecule has 3 aromatic rings. The zero-order valence-electron chi connectivity index (χ0n) is 18.3. The fourth-order valence-electron chi connectivity index (χ4n) is 5.25. The van der Waals surface area contributed by atoms with Crippen LogP contribution in [0.3, 0.4) is 0 Å². The van der Waals surface area contributed by atoms with Gasteiger partial charge in [-0.15, -0.1) is 0 Å². The fourth-order valence-corrected chi connectivity index (χ4v) is 5.87. The zero-order chi connectivity index (χ0) is 24.0. The highest BCUT2D eigenvalue weighted by Gasteiger charge is 2.38. The molecule has 12 heteroatoms. The molecule has 1 fully saturated rings. The third-order valence-corrected chi connectivity index (χ3v) is 7.82. The first-order valence-corrected chi connectivity index (χ1v) is 12.6. The Balaban J connectivity index is 1.37. The molecule has 1 amide bonds. The number of benzene rings is 1. The molecule has 11 nitrogen and oxygen atoms in total. The molecule has 0 aliphatic heterocycles. The van der Waals surface area contributed by atoms with Crippen LogP contribution in [0.2, 0.25) is 0 Å². The van der Waals surface area contributed by atoms with Crippen molar-refractivity contribution in [2.75, 3.05) is 11.9 Å². The highest BCUT2D eigenvalue weighted by Crippen LogP contribution is 2.39. The van der Waals surface area contributed by atoms with Crippen LogP contribution in [0.15, 0.2) is 42.9 Å². The van der Waals surface area contributed by atoms with Crippen molar-refractivity contribution in [3.8, 4) is 0 Å². The molecule has 0 saturated heterocycles. The molecule has 5 N–H and O–H groups in total. The molecule has 2 aromatic heterocycles. The minimum absolute atomic E-state index is 0.163. The third-order valence-electron chi connectivity index (χ3n) is 6.90. The van der Waals surface area contributed by atoms with Crippen LogP contribution >= 0.6 is 0 Å². The molecule has 0 unspecified atom stereocenters. The Kier molecular flexibility index (Phi) is 5.66. The summed E-state index contributed by atoms with van der Waals surface area (Å²) in [5.74, 6) is 0.151. The number of amides is 1. The van der Waals surface area contributed by atoms with Gasteiger partial charge in [-0.3, -0.25) is 0 Å². The van der Waals surface area contributed by atoms with Crippen molar-refractivity contribution < 1.29 is 23.4 Å². The zero-order valence-corrected chi connectivity index (χ0v) is 19.1. The van der Waals surface area contributed by atoms with E-state index in [2.05, 4.69) is 27.4 Å². The smallest absolute Gasteiger partial charge is 0.422 e. The number of hydrogen-bond donors (Lipinski definition) is 4. The molecule has 4 atom stereocenters. The molecule has 5 rings (SSSR count). The lowest BCUT2D eigenvalue weighted by atomic mass is 10.1. The highest BCUT2D eigenvalue weighted by atomic mass is 32.2. The van der Waals surface area contributed by atoms with E-state index in [0.717, 1.165) is 24.0 Å². The Morgan fingerprint density at radius 3 is 2.79 bits per heavy atom. The van der Waals surface area contributed by atoms with Gasteiger partial charge in [0.05, 0.1) is 17.5 Å². The van der Waals surface area contributed by atoms with Crippen LogP contribution in [0.5, 0.6) is 0 Å². The minimum atomic E-state index is -4.43. The van der Waals surface area contributed by atoms with Crippen molar-refractivity contribution in [3.05, 3.63) is 54.0 Å². The molecule has 2 aliphatic carbocycles. The second-order valence-electron chi connectivity index (χ2n) is 8.93. The largest absolute Gasteiger partial charge is 0.464 e. The maximum absolute atomic E-state index is 11.6. The second-order valence-corrected chi connectivity index (χ2v) is 10.4. The van der Waals surface area contributed by atoms with Gasteiger partial charge in [-0.25, -0.2) is 19.9 Å². The number of aliphatic hydroxyl groups excluding tert-OH is 1. The summed E-state index contributed by atoms with van der Waals surface area (Å²) in [5.41, 5.74) is 3.31. The first-order chi connectivity index (χ1) is 16.2. The Bertz CT molecular complexity index is 1340. The molecule has 0 spiro atoms. The van der Waals surface area contributed by atoms with Crippen molar-refractivity contribution in [3.63, 3.8) is 0 Å². The predicted molar refractivity (Wildman–Crippen MR) is 124 cm³/mol. The molecular formula is C22H26N6O5S. The van der Waals surface area contributed by atoms with Crippen LogP contribution in [-0.2, 0) is 16.6 Å². The normalized spacial score (nSPS) is 24.3. The lowest BCUT2D eigenvalue weighted by molar-refractivity contribution is 0.114. The fraction of sp³-hybridized carbons (Fsp3) is 0.409. The average Bonchev–Trinajstić information content (AvgIpc) is 3.48. The summed E-state index contributed by atoms with van der Waals surface area (Å²) >= 11 is 0. The van der Waals surface area contributed by atoms with E-state index in [1.54, 1.807) is 0 Å². The van der Waals surface area contributed by atoms with Gasteiger partial charge in [-0.05, 0) is 42.9 Å². The summed E-state index contributed by atoms with van der Waals surface area (Å²) in [6, 6.07) is 10.3. The summed E-state index contributed by atoms with van der Waals surface area (Å²) in [6.45, 7) is -0.395. The average molecular weight is 487 g/mol. The van der Waals surface area contributed by atoms with Gasteiger partial charge in [0, 0.05) is 24.7 Å². The summed E-state index contributed by atoms with van der Waals surface area (Å²) in [4.78, 5) is 20.3. The number of aryl methyl sites for hydroxylation is 1. The molecule has 1 saturated carbocycles. The standard InChI is InChI=1S/C22H26N6O5S/c23-34(32,33)28(22(30)31)11-14-9-15(10-19(14)29)27-8-7-17-20(24-12-25-21(17)27)26-18-6-5-13-3-1-2-4-16(13)18/h1-4,7-8,12,14-15,18-19,29H,5-6,9-11H2,(H,30,31)(H2,23,32,33)(H,24,25,26)/t14-,15+,18-,19+/m0/s1. The quantitative estimate of drug-likeness (QED) is 0.411. The predicted octanol–water partition coefficient (Wildman–Crippen LogP) is 2.03. The van der Waals surface area contributed by atoms with Crippen molar-refractivity contribution in [2.45, 2.75) is 43.9 Å². The van der Waals surface area contributed by atoms with Crippen LogP contribution in [0.4, 0.5) is 10.6 Å². The number of aromatic nitrogens is 3. The van der Waals surface area contributed by atoms with Crippen LogP contribution in [0.1, 0.15) is 42.5 Å². The molecular weight excluding hydrogens is 460 g/mol. The lowest BCUT2D eigenvalue weighted by Gasteiger charge is -2.22. The van der Waals surface area contributed by atoms with Gasteiger partial charge < -0.3 is 20.1 Å². The molecule has 34 heavy (non-hydrogen) atoms. The number of hydrogen-bond acceptors (Lipinski definition) is 7. The Morgan fingerprint density at radius 1 is 1.24 bits per heavy atom. The molecule has 1 aromatic carbocycles. The minimum Gasteiger partial charge on any atom is -0.464 e. The molecule has 0 radical (unpaired) electrons. The topological polar surface area (TPSA) is 164 Å². The van der Waals surface area contributed by atoms with E-state index in [1.165, 1.54) is 17.5 Å². The number of carboxylic acid groups (broad SMARTS) is 1. The molecule has 2 heterocycles. The summed E-state index contributed by atoms with van der Waals surface area (Å²) in [7, 11) is -4.43. The Morgan fingerprint density at radius 2 is 2.03 bits per heavy atom. The number of carbonyl (C=O) groups is 1. The van der Waals surface area contributed by atoms with Crippen molar-refractivity contribution in [2.24, 2.45) is 11.1 Å². The van der Waals surface area contributed by atoms with Gasteiger partial charge in [0.1, 0.15) is 17.8 Å². The molecule has 0 bridgehead atoms.